The summed E-state index contributed by atoms with van der Waals surface area (Å²) in [4.78, 5) is 22.7. The SMILES string of the molecule is O=C(O)c1cc(F)c(F)cc1C(=O)Nc1nncs1. The highest BCUT2D eigenvalue weighted by Crippen LogP contribution is 2.18. The first kappa shape index (κ1) is 13.0. The molecule has 1 aromatic heterocycles. The minimum atomic E-state index is -1.54. The molecule has 0 aliphatic rings. The van der Waals surface area contributed by atoms with Gasteiger partial charge in [-0.3, -0.25) is 10.1 Å². The van der Waals surface area contributed by atoms with Crippen LogP contribution in [0.2, 0.25) is 0 Å². The predicted octanol–water partition coefficient (Wildman–Crippen LogP) is 1.77. The molecule has 0 saturated carbocycles. The second-order valence-corrected chi connectivity index (χ2v) is 4.15. The van der Waals surface area contributed by atoms with Crippen LogP contribution < -0.4 is 5.32 Å². The van der Waals surface area contributed by atoms with E-state index in [1.54, 1.807) is 0 Å². The number of carbonyl (C=O) groups excluding carboxylic acids is 1. The van der Waals surface area contributed by atoms with Crippen molar-refractivity contribution in [1.29, 1.82) is 0 Å². The molecule has 1 amide bonds. The molecule has 2 aromatic rings. The lowest BCUT2D eigenvalue weighted by Crippen LogP contribution is -2.17. The lowest BCUT2D eigenvalue weighted by molar-refractivity contribution is 0.0691. The molecule has 0 bridgehead atoms. The Kier molecular flexibility index (Phi) is 3.47. The number of anilines is 1. The maximum absolute atomic E-state index is 13.1. The van der Waals surface area contributed by atoms with Gasteiger partial charge in [-0.2, -0.15) is 0 Å². The van der Waals surface area contributed by atoms with Gasteiger partial charge in [0.2, 0.25) is 5.13 Å². The Morgan fingerprint density at radius 1 is 1.21 bits per heavy atom. The van der Waals surface area contributed by atoms with Gasteiger partial charge in [-0.1, -0.05) is 11.3 Å². The number of hydrogen-bond acceptors (Lipinski definition) is 5. The number of amides is 1. The Hall–Kier alpha value is -2.42. The van der Waals surface area contributed by atoms with Crippen LogP contribution in [-0.2, 0) is 0 Å². The van der Waals surface area contributed by atoms with Gasteiger partial charge in [0.25, 0.3) is 5.91 Å². The van der Waals surface area contributed by atoms with E-state index in [9.17, 15) is 18.4 Å². The van der Waals surface area contributed by atoms with E-state index in [2.05, 4.69) is 15.5 Å². The van der Waals surface area contributed by atoms with Crippen LogP contribution in [0.25, 0.3) is 0 Å². The summed E-state index contributed by atoms with van der Waals surface area (Å²) < 4.78 is 26.1. The van der Waals surface area contributed by atoms with E-state index < -0.39 is 34.6 Å². The molecule has 6 nitrogen and oxygen atoms in total. The molecule has 98 valence electrons. The molecule has 0 aliphatic heterocycles. The molecular formula is C10H5F2N3O3S. The van der Waals surface area contributed by atoms with Crippen molar-refractivity contribution >= 4 is 28.3 Å². The summed E-state index contributed by atoms with van der Waals surface area (Å²) in [5, 5.41) is 18.2. The van der Waals surface area contributed by atoms with Crippen molar-refractivity contribution in [3.05, 3.63) is 40.4 Å². The predicted molar refractivity (Wildman–Crippen MR) is 61.2 cm³/mol. The van der Waals surface area contributed by atoms with Crippen molar-refractivity contribution in [1.82, 2.24) is 10.2 Å². The van der Waals surface area contributed by atoms with Crippen LogP contribution in [0.3, 0.4) is 0 Å². The number of carboxylic acid groups (broad SMARTS) is 1. The first-order valence-corrected chi connectivity index (χ1v) is 5.67. The molecule has 2 N–H and O–H groups in total. The number of halogens is 2. The normalized spacial score (nSPS) is 10.2. The molecule has 1 heterocycles. The average Bonchev–Trinajstić information content (AvgIpc) is 2.84. The van der Waals surface area contributed by atoms with E-state index in [4.69, 9.17) is 5.11 Å². The summed E-state index contributed by atoms with van der Waals surface area (Å²) in [6.45, 7) is 0. The van der Waals surface area contributed by atoms with Crippen LogP contribution in [0.5, 0.6) is 0 Å². The quantitative estimate of drug-likeness (QED) is 0.896. The number of aromatic carboxylic acids is 1. The molecule has 1 aromatic carbocycles. The van der Waals surface area contributed by atoms with Crippen molar-refractivity contribution < 1.29 is 23.5 Å². The van der Waals surface area contributed by atoms with E-state index in [1.165, 1.54) is 5.51 Å². The van der Waals surface area contributed by atoms with Crippen molar-refractivity contribution in [2.24, 2.45) is 0 Å². The molecule has 0 saturated heterocycles. The minimum Gasteiger partial charge on any atom is -0.478 e. The van der Waals surface area contributed by atoms with Gasteiger partial charge in [-0.25, -0.2) is 13.6 Å². The summed E-state index contributed by atoms with van der Waals surface area (Å²) in [5.41, 5.74) is 0.210. The topological polar surface area (TPSA) is 92.2 Å². The minimum absolute atomic E-state index is 0.117. The van der Waals surface area contributed by atoms with Crippen molar-refractivity contribution in [3.63, 3.8) is 0 Å². The van der Waals surface area contributed by atoms with E-state index in [0.717, 1.165) is 11.3 Å². The largest absolute Gasteiger partial charge is 0.478 e. The zero-order valence-electron chi connectivity index (χ0n) is 9.05. The lowest BCUT2D eigenvalue weighted by Gasteiger charge is -2.06. The molecule has 0 radical (unpaired) electrons. The Morgan fingerprint density at radius 3 is 2.37 bits per heavy atom. The summed E-state index contributed by atoms with van der Waals surface area (Å²) in [5.74, 6) is -5.10. The van der Waals surface area contributed by atoms with Gasteiger partial charge in [0.1, 0.15) is 5.51 Å². The Bertz CT molecular complexity index is 646. The average molecular weight is 285 g/mol. The monoisotopic (exact) mass is 285 g/mol. The molecule has 2 rings (SSSR count). The highest BCUT2D eigenvalue weighted by Gasteiger charge is 2.21. The van der Waals surface area contributed by atoms with Gasteiger partial charge in [0, 0.05) is 0 Å². The number of nitrogens with one attached hydrogen (secondary N) is 1. The maximum Gasteiger partial charge on any atom is 0.336 e. The van der Waals surface area contributed by atoms with Gasteiger partial charge < -0.3 is 5.11 Å². The Labute approximate surface area is 108 Å². The summed E-state index contributed by atoms with van der Waals surface area (Å²) in [6, 6.07) is 0.974. The van der Waals surface area contributed by atoms with Crippen LogP contribution >= 0.6 is 11.3 Å². The van der Waals surface area contributed by atoms with Gasteiger partial charge in [-0.15, -0.1) is 10.2 Å². The van der Waals surface area contributed by atoms with Crippen molar-refractivity contribution in [2.75, 3.05) is 5.32 Å². The molecule has 0 aliphatic carbocycles. The fourth-order valence-electron chi connectivity index (χ4n) is 1.30. The molecule has 0 spiro atoms. The first-order chi connectivity index (χ1) is 8.99. The van der Waals surface area contributed by atoms with Gasteiger partial charge in [-0.05, 0) is 12.1 Å². The molecule has 0 fully saturated rings. The molecular weight excluding hydrogens is 280 g/mol. The number of aromatic nitrogens is 2. The van der Waals surface area contributed by atoms with E-state index in [-0.39, 0.29) is 5.13 Å². The smallest absolute Gasteiger partial charge is 0.336 e. The van der Waals surface area contributed by atoms with E-state index in [0.29, 0.717) is 12.1 Å². The van der Waals surface area contributed by atoms with Crippen LogP contribution in [0.1, 0.15) is 20.7 Å². The molecule has 19 heavy (non-hydrogen) atoms. The number of hydrogen-bond donors (Lipinski definition) is 2. The van der Waals surface area contributed by atoms with Crippen LogP contribution in [-0.4, -0.2) is 27.2 Å². The zero-order chi connectivity index (χ0) is 14.0. The summed E-state index contributed by atoms with van der Waals surface area (Å²) in [6.07, 6.45) is 0. The Morgan fingerprint density at radius 2 is 1.84 bits per heavy atom. The number of nitrogens with zero attached hydrogens (tertiary/aromatic N) is 2. The van der Waals surface area contributed by atoms with E-state index in [1.807, 2.05) is 0 Å². The maximum atomic E-state index is 13.1. The van der Waals surface area contributed by atoms with Crippen LogP contribution in [0.15, 0.2) is 17.6 Å². The number of rotatable bonds is 3. The second-order valence-electron chi connectivity index (χ2n) is 3.32. The molecule has 9 heteroatoms. The summed E-state index contributed by atoms with van der Waals surface area (Å²) in [7, 11) is 0. The second kappa shape index (κ2) is 5.06. The third-order valence-electron chi connectivity index (χ3n) is 2.12. The standard InChI is InChI=1S/C10H5F2N3O3S/c11-6-1-4(5(9(17)18)2-7(6)12)8(16)14-10-15-13-3-19-10/h1-3H,(H,17,18)(H,14,15,16). The van der Waals surface area contributed by atoms with Crippen molar-refractivity contribution in [2.45, 2.75) is 0 Å². The highest BCUT2D eigenvalue weighted by atomic mass is 32.1. The van der Waals surface area contributed by atoms with Gasteiger partial charge >= 0.3 is 5.97 Å². The van der Waals surface area contributed by atoms with Crippen LogP contribution in [0, 0.1) is 11.6 Å². The number of carboxylic acids is 1. The first-order valence-electron chi connectivity index (χ1n) is 4.79. The molecule has 0 unspecified atom stereocenters. The third kappa shape index (κ3) is 2.71. The highest BCUT2D eigenvalue weighted by molar-refractivity contribution is 7.13. The molecule has 0 atom stereocenters. The fraction of sp³-hybridized carbons (Fsp3) is 0. The van der Waals surface area contributed by atoms with Crippen molar-refractivity contribution in [3.8, 4) is 0 Å². The van der Waals surface area contributed by atoms with Gasteiger partial charge in [0.15, 0.2) is 11.6 Å². The van der Waals surface area contributed by atoms with Gasteiger partial charge in [0.05, 0.1) is 11.1 Å². The van der Waals surface area contributed by atoms with Crippen LogP contribution in [0.4, 0.5) is 13.9 Å². The Balaban J connectivity index is 2.40. The lowest BCUT2D eigenvalue weighted by atomic mass is 10.1. The third-order valence-corrected chi connectivity index (χ3v) is 2.72. The summed E-state index contributed by atoms with van der Waals surface area (Å²) >= 11 is 0.998. The number of carbonyl (C=O) groups is 2. The zero-order valence-corrected chi connectivity index (χ0v) is 9.87. The fourth-order valence-corrected chi connectivity index (χ4v) is 1.74. The van der Waals surface area contributed by atoms with E-state index >= 15 is 0 Å². The number of benzene rings is 1.